The summed E-state index contributed by atoms with van der Waals surface area (Å²) in [6.07, 6.45) is 16.0. The fraction of sp³-hybridized carbons (Fsp3) is 0.893. The molecule has 188 valence electrons. The first-order chi connectivity index (χ1) is 15.0. The number of carbonyl (C=O) groups is 1. The zero-order chi connectivity index (χ0) is 24.3. The van der Waals surface area contributed by atoms with E-state index in [0.717, 1.165) is 19.4 Å². The predicted octanol–water partition coefficient (Wildman–Crippen LogP) is 9.47. The minimum atomic E-state index is -2.69. The summed E-state index contributed by atoms with van der Waals surface area (Å²) >= 11 is -2.69. The summed E-state index contributed by atoms with van der Waals surface area (Å²) in [4.78, 5) is 13.5. The monoisotopic (exact) mass is 572 g/mol. The summed E-state index contributed by atoms with van der Waals surface area (Å²) in [7, 11) is -1.85. The molecule has 0 unspecified atom stereocenters. The predicted molar refractivity (Wildman–Crippen MR) is 148 cm³/mol. The van der Waals surface area contributed by atoms with Crippen molar-refractivity contribution in [1.29, 1.82) is 0 Å². The summed E-state index contributed by atoms with van der Waals surface area (Å²) in [5, 5.41) is 0.208. The van der Waals surface area contributed by atoms with Gasteiger partial charge in [-0.25, -0.2) is 0 Å². The van der Waals surface area contributed by atoms with E-state index in [4.69, 9.17) is 4.43 Å². The molecule has 0 atom stereocenters. The molecule has 0 N–H and O–H groups in total. The van der Waals surface area contributed by atoms with Crippen molar-refractivity contribution in [3.63, 3.8) is 0 Å². The van der Waals surface area contributed by atoms with Crippen molar-refractivity contribution in [1.82, 2.24) is 0 Å². The number of carbonyl (C=O) groups excluding carboxylic acids is 1. The van der Waals surface area contributed by atoms with Gasteiger partial charge in [-0.1, -0.05) is 0 Å². The molecule has 0 spiro atoms. The number of ketones is 1. The van der Waals surface area contributed by atoms with Gasteiger partial charge in [0.15, 0.2) is 0 Å². The molecule has 1 saturated carbocycles. The van der Waals surface area contributed by atoms with Gasteiger partial charge in [0.05, 0.1) is 0 Å². The maximum atomic E-state index is 13.5. The van der Waals surface area contributed by atoms with Crippen LogP contribution in [0.5, 0.6) is 0 Å². The van der Waals surface area contributed by atoms with Crippen LogP contribution in [0, 0.1) is 5.92 Å². The Morgan fingerprint density at radius 2 is 1.38 bits per heavy atom. The van der Waals surface area contributed by atoms with E-state index in [1.165, 1.54) is 71.1 Å². The molecule has 32 heavy (non-hydrogen) atoms. The van der Waals surface area contributed by atoms with Crippen molar-refractivity contribution in [3.05, 3.63) is 9.67 Å². The second kappa shape index (κ2) is 14.7. The van der Waals surface area contributed by atoms with Gasteiger partial charge in [0.25, 0.3) is 0 Å². The second-order valence-electron chi connectivity index (χ2n) is 12.0. The molecule has 0 saturated heterocycles. The van der Waals surface area contributed by atoms with Crippen LogP contribution in [0.3, 0.4) is 0 Å². The van der Waals surface area contributed by atoms with Gasteiger partial charge in [0.2, 0.25) is 0 Å². The van der Waals surface area contributed by atoms with E-state index >= 15 is 0 Å². The van der Waals surface area contributed by atoms with Crippen LogP contribution >= 0.6 is 0 Å². The molecule has 0 radical (unpaired) electrons. The third kappa shape index (κ3) is 9.56. The van der Waals surface area contributed by atoms with Gasteiger partial charge < -0.3 is 0 Å². The molecule has 0 aliphatic heterocycles. The van der Waals surface area contributed by atoms with Crippen molar-refractivity contribution >= 4 is 32.5 Å². The first kappa shape index (κ1) is 30.4. The molecule has 1 fully saturated rings. The van der Waals surface area contributed by atoms with Crippen molar-refractivity contribution in [2.75, 3.05) is 6.61 Å². The number of rotatable bonds is 15. The van der Waals surface area contributed by atoms with Crippen LogP contribution < -0.4 is 0 Å². The number of allylic oxidation sites excluding steroid dienone is 1. The fourth-order valence-corrected chi connectivity index (χ4v) is 22.3. The Labute approximate surface area is 206 Å². The normalized spacial score (nSPS) is 17.1. The molecule has 0 aromatic carbocycles. The maximum absolute atomic E-state index is 13.5. The average molecular weight is 572 g/mol. The topological polar surface area (TPSA) is 26.3 Å². The summed E-state index contributed by atoms with van der Waals surface area (Å²) < 4.78 is 12.6. The van der Waals surface area contributed by atoms with E-state index in [0.29, 0.717) is 5.78 Å². The van der Waals surface area contributed by atoms with Crippen molar-refractivity contribution in [2.45, 2.75) is 144 Å². The minimum absolute atomic E-state index is 0.208. The Morgan fingerprint density at radius 1 is 0.906 bits per heavy atom. The van der Waals surface area contributed by atoms with Gasteiger partial charge in [-0.05, 0) is 0 Å². The van der Waals surface area contributed by atoms with Gasteiger partial charge in [-0.15, -0.1) is 0 Å². The molecule has 1 rings (SSSR count). The molecule has 0 aromatic heterocycles. The molecule has 0 amide bonds. The number of hydrogen-bond donors (Lipinski definition) is 0. The number of unbranched alkanes of at least 4 members (excludes halogenated alkanes) is 3. The van der Waals surface area contributed by atoms with Gasteiger partial charge >= 0.3 is 208 Å². The Balaban J connectivity index is 3.36. The quantitative estimate of drug-likeness (QED) is 0.145. The van der Waals surface area contributed by atoms with Crippen LogP contribution in [0.25, 0.3) is 0 Å². The van der Waals surface area contributed by atoms with Gasteiger partial charge in [0, 0.05) is 0 Å². The molecular weight excluding hydrogens is 515 g/mol. The molecule has 0 aromatic rings. The van der Waals surface area contributed by atoms with E-state index in [-0.39, 0.29) is 11.0 Å². The zero-order valence-electron chi connectivity index (χ0n) is 23.1. The summed E-state index contributed by atoms with van der Waals surface area (Å²) in [5.41, 5.74) is 0. The first-order valence-electron chi connectivity index (χ1n) is 13.9. The van der Waals surface area contributed by atoms with E-state index in [1.807, 2.05) is 0 Å². The molecule has 1 aliphatic rings. The molecule has 1 aliphatic carbocycles. The van der Waals surface area contributed by atoms with Gasteiger partial charge in [-0.3, -0.25) is 0 Å². The third-order valence-corrected chi connectivity index (χ3v) is 28.8. The van der Waals surface area contributed by atoms with Crippen molar-refractivity contribution in [3.8, 4) is 0 Å². The first-order valence-corrected chi connectivity index (χ1v) is 24.3. The second-order valence-corrected chi connectivity index (χ2v) is 30.3. The van der Waals surface area contributed by atoms with Crippen molar-refractivity contribution < 1.29 is 9.22 Å². The molecule has 0 heterocycles. The van der Waals surface area contributed by atoms with E-state index < -0.39 is 26.7 Å². The van der Waals surface area contributed by atoms with Crippen LogP contribution in [0.4, 0.5) is 0 Å². The van der Waals surface area contributed by atoms with Crippen LogP contribution in [-0.2, 0) is 9.22 Å². The summed E-state index contributed by atoms with van der Waals surface area (Å²) in [6.45, 7) is 19.5. The summed E-state index contributed by atoms with van der Waals surface area (Å²) in [5.74, 6) is 0.725. The van der Waals surface area contributed by atoms with E-state index in [9.17, 15) is 4.79 Å². The standard InChI is InChI=1S/C16H29O2Si.3C4H9.Sn/c1-16(2,3)19(4,5)18-13-9-12-15(17)14-10-7-6-8-11-14;3*1-3-4-2;/h12,14H,6-8,10-11,13H2,1-5H3;3*1,3-4H2,2H3;. The fourth-order valence-electron chi connectivity index (χ4n) is 4.90. The molecule has 0 bridgehead atoms. The van der Waals surface area contributed by atoms with Crippen LogP contribution in [0.15, 0.2) is 9.67 Å². The average Bonchev–Trinajstić information content (AvgIpc) is 2.76. The SMILES string of the molecule is CCC[CH2][Sn]([CH2]CCC)([CH2]CCC)[C](=CC(=O)C1CCCCC1)CO[Si](C)(C)C(C)(C)C. The third-order valence-electron chi connectivity index (χ3n) is 8.43. The van der Waals surface area contributed by atoms with Gasteiger partial charge in [-0.2, -0.15) is 0 Å². The molecule has 2 nitrogen and oxygen atoms in total. The van der Waals surface area contributed by atoms with Crippen LogP contribution in [0.2, 0.25) is 31.4 Å². The Kier molecular flexibility index (Phi) is 14.0. The Bertz CT molecular complexity index is 549. The Morgan fingerprint density at radius 3 is 1.78 bits per heavy atom. The van der Waals surface area contributed by atoms with Crippen LogP contribution in [-0.4, -0.2) is 39.1 Å². The van der Waals surface area contributed by atoms with E-state index in [1.54, 1.807) is 3.59 Å². The van der Waals surface area contributed by atoms with Gasteiger partial charge in [0.1, 0.15) is 0 Å². The van der Waals surface area contributed by atoms with E-state index in [2.05, 4.69) is 60.7 Å². The Hall–Kier alpha value is 0.386. The van der Waals surface area contributed by atoms with Crippen LogP contribution in [0.1, 0.15) is 112 Å². The molecular formula is C28H56O2SiSn. The number of hydrogen-bond acceptors (Lipinski definition) is 2. The van der Waals surface area contributed by atoms with Crippen molar-refractivity contribution in [2.24, 2.45) is 5.92 Å². The summed E-state index contributed by atoms with van der Waals surface area (Å²) in [6, 6.07) is 0. The zero-order valence-corrected chi connectivity index (χ0v) is 26.9. The molecule has 4 heteroatoms.